The molecule has 0 spiro atoms. The molecule has 0 bridgehead atoms. The number of hydrogen-bond donors (Lipinski definition) is 1. The van der Waals surface area contributed by atoms with Crippen molar-refractivity contribution >= 4 is 0 Å². The molecule has 0 aliphatic carbocycles. The number of aliphatic hydroxyl groups is 1. The van der Waals surface area contributed by atoms with Crippen molar-refractivity contribution in [3.05, 3.63) is 58.5 Å². The van der Waals surface area contributed by atoms with Gasteiger partial charge < -0.3 is 9.52 Å². The Morgan fingerprint density at radius 1 is 1.18 bits per heavy atom. The van der Waals surface area contributed by atoms with Gasteiger partial charge in [0.25, 0.3) is 0 Å². The van der Waals surface area contributed by atoms with Crippen LogP contribution in [0, 0.1) is 13.8 Å². The molecule has 0 aliphatic heterocycles. The van der Waals surface area contributed by atoms with Crippen molar-refractivity contribution in [2.24, 2.45) is 0 Å². The van der Waals surface area contributed by atoms with Gasteiger partial charge in [0.05, 0.1) is 0 Å². The predicted molar refractivity (Wildman–Crippen MR) is 68.1 cm³/mol. The van der Waals surface area contributed by atoms with E-state index in [1.54, 1.807) is 0 Å². The number of furan rings is 1. The van der Waals surface area contributed by atoms with Crippen LogP contribution in [-0.2, 0) is 6.42 Å². The van der Waals surface area contributed by atoms with Crippen LogP contribution >= 0.6 is 0 Å². The highest BCUT2D eigenvalue weighted by atomic mass is 16.4. The lowest BCUT2D eigenvalue weighted by molar-refractivity contribution is 0.186. The second-order valence-corrected chi connectivity index (χ2v) is 4.35. The number of benzene rings is 1. The van der Waals surface area contributed by atoms with Crippen molar-refractivity contribution in [2.45, 2.75) is 33.3 Å². The molecule has 1 atom stereocenters. The molecule has 0 aliphatic rings. The van der Waals surface area contributed by atoms with Gasteiger partial charge in [0.15, 0.2) is 0 Å². The summed E-state index contributed by atoms with van der Waals surface area (Å²) in [6, 6.07) is 9.73. The Labute approximate surface area is 102 Å². The monoisotopic (exact) mass is 230 g/mol. The van der Waals surface area contributed by atoms with Gasteiger partial charge in [0.2, 0.25) is 0 Å². The number of aliphatic hydroxyl groups excluding tert-OH is 1. The fourth-order valence-electron chi connectivity index (χ4n) is 1.95. The maximum Gasteiger partial charge on any atom is 0.137 e. The number of hydrogen-bond acceptors (Lipinski definition) is 2. The van der Waals surface area contributed by atoms with Crippen LogP contribution < -0.4 is 0 Å². The van der Waals surface area contributed by atoms with Gasteiger partial charge >= 0.3 is 0 Å². The molecule has 2 heteroatoms. The molecule has 0 fully saturated rings. The molecule has 0 radical (unpaired) electrons. The smallest absolute Gasteiger partial charge is 0.137 e. The van der Waals surface area contributed by atoms with Crippen molar-refractivity contribution < 1.29 is 9.52 Å². The molecule has 0 amide bonds. The van der Waals surface area contributed by atoms with Crippen molar-refractivity contribution in [1.82, 2.24) is 0 Å². The van der Waals surface area contributed by atoms with Crippen molar-refractivity contribution in [3.8, 4) is 0 Å². The largest absolute Gasteiger partial charge is 0.463 e. The van der Waals surface area contributed by atoms with Gasteiger partial charge in [-0.15, -0.1) is 0 Å². The molecule has 2 aromatic rings. The maximum atomic E-state index is 10.3. The minimum Gasteiger partial charge on any atom is -0.463 e. The summed E-state index contributed by atoms with van der Waals surface area (Å²) in [4.78, 5) is 0. The summed E-state index contributed by atoms with van der Waals surface area (Å²) in [5.74, 6) is 1.53. The van der Waals surface area contributed by atoms with Crippen LogP contribution in [-0.4, -0.2) is 5.11 Å². The quantitative estimate of drug-likeness (QED) is 0.874. The van der Waals surface area contributed by atoms with E-state index in [1.165, 1.54) is 5.56 Å². The molecule has 1 N–H and O–H groups in total. The van der Waals surface area contributed by atoms with E-state index in [2.05, 4.69) is 0 Å². The van der Waals surface area contributed by atoms with Gasteiger partial charge in [-0.3, -0.25) is 0 Å². The number of aryl methyl sites for hydroxylation is 2. The Balaban J connectivity index is 2.36. The average molecular weight is 230 g/mol. The third kappa shape index (κ3) is 2.27. The zero-order valence-electron chi connectivity index (χ0n) is 10.5. The summed E-state index contributed by atoms with van der Waals surface area (Å²) in [6.45, 7) is 6.11. The number of rotatable bonds is 3. The van der Waals surface area contributed by atoms with E-state index in [4.69, 9.17) is 4.42 Å². The van der Waals surface area contributed by atoms with Gasteiger partial charge in [-0.25, -0.2) is 0 Å². The van der Waals surface area contributed by atoms with Crippen LogP contribution in [0.5, 0.6) is 0 Å². The van der Waals surface area contributed by atoms with Gasteiger partial charge in [-0.05, 0) is 42.7 Å². The average Bonchev–Trinajstić information content (AvgIpc) is 2.80. The first-order valence-electron chi connectivity index (χ1n) is 5.96. The molecule has 90 valence electrons. The molecule has 1 aromatic carbocycles. The topological polar surface area (TPSA) is 33.4 Å². The van der Waals surface area contributed by atoms with Gasteiger partial charge in [0.1, 0.15) is 17.6 Å². The molecule has 2 rings (SSSR count). The van der Waals surface area contributed by atoms with Crippen LogP contribution in [0.15, 0.2) is 34.7 Å². The summed E-state index contributed by atoms with van der Waals surface area (Å²) >= 11 is 0. The van der Waals surface area contributed by atoms with Crippen LogP contribution in [0.25, 0.3) is 0 Å². The van der Waals surface area contributed by atoms with Crippen molar-refractivity contribution in [2.75, 3.05) is 0 Å². The summed E-state index contributed by atoms with van der Waals surface area (Å²) < 4.78 is 5.59. The first-order chi connectivity index (χ1) is 8.13. The predicted octanol–water partition coefficient (Wildman–Crippen LogP) is 3.54. The third-order valence-electron chi connectivity index (χ3n) is 3.24. The van der Waals surface area contributed by atoms with E-state index in [-0.39, 0.29) is 0 Å². The zero-order valence-corrected chi connectivity index (χ0v) is 10.5. The Morgan fingerprint density at radius 2 is 1.94 bits per heavy atom. The SMILES string of the molecule is CCc1ccc(C(O)c2cccc(C)c2C)o1. The lowest BCUT2D eigenvalue weighted by Crippen LogP contribution is -2.01. The highest BCUT2D eigenvalue weighted by Gasteiger charge is 2.16. The fourth-order valence-corrected chi connectivity index (χ4v) is 1.95. The normalized spacial score (nSPS) is 12.7. The Morgan fingerprint density at radius 3 is 2.59 bits per heavy atom. The Bertz CT molecular complexity index is 511. The summed E-state index contributed by atoms with van der Waals surface area (Å²) in [6.07, 6.45) is 0.176. The second kappa shape index (κ2) is 4.76. The van der Waals surface area contributed by atoms with Gasteiger partial charge in [-0.1, -0.05) is 25.1 Å². The minimum absolute atomic E-state index is 0.621. The first-order valence-corrected chi connectivity index (χ1v) is 5.96. The molecule has 2 nitrogen and oxygen atoms in total. The van der Waals surface area contributed by atoms with Gasteiger partial charge in [0, 0.05) is 6.42 Å². The highest BCUT2D eigenvalue weighted by Crippen LogP contribution is 2.27. The fraction of sp³-hybridized carbons (Fsp3) is 0.333. The van der Waals surface area contributed by atoms with E-state index in [0.29, 0.717) is 5.76 Å². The van der Waals surface area contributed by atoms with Crippen LogP contribution in [0.4, 0.5) is 0 Å². The summed E-state index contributed by atoms with van der Waals surface area (Å²) in [5, 5.41) is 10.3. The van der Waals surface area contributed by atoms with Crippen LogP contribution in [0.2, 0.25) is 0 Å². The molecule has 0 saturated heterocycles. The molecule has 1 heterocycles. The molecule has 1 aromatic heterocycles. The van der Waals surface area contributed by atoms with E-state index >= 15 is 0 Å². The van der Waals surface area contributed by atoms with Crippen molar-refractivity contribution in [1.29, 1.82) is 0 Å². The Kier molecular flexibility index (Phi) is 3.34. The van der Waals surface area contributed by atoms with E-state index in [1.807, 2.05) is 51.1 Å². The second-order valence-electron chi connectivity index (χ2n) is 4.35. The highest BCUT2D eigenvalue weighted by molar-refractivity contribution is 5.37. The molecule has 17 heavy (non-hydrogen) atoms. The zero-order chi connectivity index (χ0) is 12.4. The van der Waals surface area contributed by atoms with E-state index in [9.17, 15) is 5.11 Å². The first kappa shape index (κ1) is 11.9. The summed E-state index contributed by atoms with van der Waals surface area (Å²) in [7, 11) is 0. The van der Waals surface area contributed by atoms with E-state index in [0.717, 1.165) is 23.3 Å². The third-order valence-corrected chi connectivity index (χ3v) is 3.24. The van der Waals surface area contributed by atoms with Crippen molar-refractivity contribution in [3.63, 3.8) is 0 Å². The minimum atomic E-state index is -0.671. The lowest BCUT2D eigenvalue weighted by atomic mass is 9.98. The molecular formula is C15H18O2. The van der Waals surface area contributed by atoms with Crippen LogP contribution in [0.3, 0.4) is 0 Å². The van der Waals surface area contributed by atoms with Crippen LogP contribution in [0.1, 0.15) is 41.2 Å². The summed E-state index contributed by atoms with van der Waals surface area (Å²) in [5.41, 5.74) is 3.22. The Hall–Kier alpha value is -1.54. The molecule has 1 unspecified atom stereocenters. The standard InChI is InChI=1S/C15H18O2/c1-4-12-8-9-14(17-12)15(16)13-7-5-6-10(2)11(13)3/h5-9,15-16H,4H2,1-3H3. The molecule has 0 saturated carbocycles. The van der Waals surface area contributed by atoms with Gasteiger partial charge in [-0.2, -0.15) is 0 Å². The molecular weight excluding hydrogens is 212 g/mol. The van der Waals surface area contributed by atoms with E-state index < -0.39 is 6.10 Å². The lowest BCUT2D eigenvalue weighted by Gasteiger charge is -2.13. The maximum absolute atomic E-state index is 10.3.